The highest BCUT2D eigenvalue weighted by Crippen LogP contribution is 2.31. The van der Waals surface area contributed by atoms with Gasteiger partial charge in [0, 0.05) is 23.1 Å². The Morgan fingerprint density at radius 2 is 1.73 bits per heavy atom. The van der Waals surface area contributed by atoms with Gasteiger partial charge in [0.1, 0.15) is 0 Å². The van der Waals surface area contributed by atoms with Crippen molar-refractivity contribution < 1.29 is 22.8 Å². The summed E-state index contributed by atoms with van der Waals surface area (Å²) in [4.78, 5) is 27.8. The van der Waals surface area contributed by atoms with Crippen molar-refractivity contribution in [2.45, 2.75) is 13.1 Å². The monoisotopic (exact) mass is 414 g/mol. The second-order valence-electron chi connectivity index (χ2n) is 6.51. The third kappa shape index (κ3) is 4.93. The van der Waals surface area contributed by atoms with Crippen molar-refractivity contribution in [2.24, 2.45) is 5.73 Å². The average Bonchev–Trinajstić information content (AvgIpc) is 2.69. The Morgan fingerprint density at radius 1 is 0.967 bits per heavy atom. The molecule has 6 nitrogen and oxygen atoms in total. The maximum atomic E-state index is 12.9. The summed E-state index contributed by atoms with van der Waals surface area (Å²) in [5.41, 5.74) is 6.74. The summed E-state index contributed by atoms with van der Waals surface area (Å²) in [6.45, 7) is 1.81. The number of halogens is 3. The van der Waals surface area contributed by atoms with Gasteiger partial charge in [0.25, 0.3) is 5.91 Å². The number of carbonyl (C=O) groups excluding carboxylic acids is 2. The van der Waals surface area contributed by atoms with Crippen LogP contribution in [0.15, 0.2) is 60.9 Å². The maximum absolute atomic E-state index is 12.9. The highest BCUT2D eigenvalue weighted by Gasteiger charge is 2.30. The molecule has 9 heteroatoms. The zero-order valence-electron chi connectivity index (χ0n) is 15.7. The van der Waals surface area contributed by atoms with Gasteiger partial charge < -0.3 is 16.4 Å². The Kier molecular flexibility index (Phi) is 5.72. The predicted octanol–water partition coefficient (Wildman–Crippen LogP) is 4.50. The molecule has 1 heterocycles. The first kappa shape index (κ1) is 20.8. The second kappa shape index (κ2) is 8.24. The van der Waals surface area contributed by atoms with E-state index in [4.69, 9.17) is 5.73 Å². The Labute approximate surface area is 169 Å². The van der Waals surface area contributed by atoms with E-state index in [1.165, 1.54) is 30.6 Å². The van der Waals surface area contributed by atoms with Gasteiger partial charge >= 0.3 is 6.18 Å². The lowest BCUT2D eigenvalue weighted by Gasteiger charge is -2.13. The number of aromatic nitrogens is 1. The van der Waals surface area contributed by atoms with Crippen LogP contribution in [-0.2, 0) is 6.18 Å². The van der Waals surface area contributed by atoms with E-state index in [1.807, 2.05) is 6.92 Å². The third-order valence-corrected chi connectivity index (χ3v) is 4.25. The standard InChI is InChI=1S/C21H17F3N4O2/c1-12-5-6-13(8-18(12)27-17-7-14(19(25)29)10-26-11-17)20(30)28-16-4-2-3-15(9-16)21(22,23)24/h2-11,27H,1H3,(H2,25,29)(H,28,30). The first-order valence-electron chi connectivity index (χ1n) is 8.74. The zero-order chi connectivity index (χ0) is 21.9. The molecule has 0 spiro atoms. The number of carbonyl (C=O) groups is 2. The fraction of sp³-hybridized carbons (Fsp3) is 0.0952. The van der Waals surface area contributed by atoms with Crippen molar-refractivity contribution >= 4 is 28.9 Å². The first-order valence-corrected chi connectivity index (χ1v) is 8.74. The maximum Gasteiger partial charge on any atom is 0.416 e. The van der Waals surface area contributed by atoms with E-state index >= 15 is 0 Å². The molecule has 0 fully saturated rings. The van der Waals surface area contributed by atoms with Crippen molar-refractivity contribution in [1.82, 2.24) is 4.98 Å². The highest BCUT2D eigenvalue weighted by atomic mass is 19.4. The van der Waals surface area contributed by atoms with Crippen LogP contribution < -0.4 is 16.4 Å². The van der Waals surface area contributed by atoms with E-state index in [-0.39, 0.29) is 16.8 Å². The molecule has 2 aromatic carbocycles. The summed E-state index contributed by atoms with van der Waals surface area (Å²) in [5.74, 6) is -1.20. The Balaban J connectivity index is 1.82. The van der Waals surface area contributed by atoms with Crippen LogP contribution in [0.5, 0.6) is 0 Å². The van der Waals surface area contributed by atoms with E-state index < -0.39 is 23.6 Å². The fourth-order valence-electron chi connectivity index (χ4n) is 2.67. The molecule has 0 bridgehead atoms. The van der Waals surface area contributed by atoms with Crippen LogP contribution in [-0.4, -0.2) is 16.8 Å². The topological polar surface area (TPSA) is 97.1 Å². The number of primary amides is 1. The second-order valence-corrected chi connectivity index (χ2v) is 6.51. The molecular formula is C21H17F3N4O2. The van der Waals surface area contributed by atoms with Crippen LogP contribution in [0.4, 0.5) is 30.2 Å². The molecule has 0 atom stereocenters. The smallest absolute Gasteiger partial charge is 0.366 e. The van der Waals surface area contributed by atoms with E-state index in [9.17, 15) is 22.8 Å². The van der Waals surface area contributed by atoms with Crippen molar-refractivity contribution in [3.8, 4) is 0 Å². The quantitative estimate of drug-likeness (QED) is 0.573. The average molecular weight is 414 g/mol. The molecule has 0 aliphatic heterocycles. The number of rotatable bonds is 5. The van der Waals surface area contributed by atoms with E-state index in [0.29, 0.717) is 11.4 Å². The SMILES string of the molecule is Cc1ccc(C(=O)Nc2cccc(C(F)(F)F)c2)cc1Nc1cncc(C(N)=O)c1. The Hall–Kier alpha value is -3.88. The summed E-state index contributed by atoms with van der Waals surface area (Å²) >= 11 is 0. The van der Waals surface area contributed by atoms with Crippen LogP contribution in [0.3, 0.4) is 0 Å². The molecule has 154 valence electrons. The number of anilines is 3. The lowest BCUT2D eigenvalue weighted by molar-refractivity contribution is -0.137. The van der Waals surface area contributed by atoms with Gasteiger partial charge in [-0.3, -0.25) is 14.6 Å². The number of alkyl halides is 3. The van der Waals surface area contributed by atoms with Gasteiger partial charge in [0.2, 0.25) is 5.91 Å². The van der Waals surface area contributed by atoms with Gasteiger partial charge in [-0.15, -0.1) is 0 Å². The zero-order valence-corrected chi connectivity index (χ0v) is 15.7. The minimum absolute atomic E-state index is 0.0308. The van der Waals surface area contributed by atoms with Gasteiger partial charge in [0.15, 0.2) is 0 Å². The lowest BCUT2D eigenvalue weighted by Crippen LogP contribution is -2.14. The van der Waals surface area contributed by atoms with Crippen LogP contribution in [0.25, 0.3) is 0 Å². The Morgan fingerprint density at radius 3 is 2.43 bits per heavy atom. The normalized spacial score (nSPS) is 11.1. The van der Waals surface area contributed by atoms with Gasteiger partial charge in [-0.1, -0.05) is 12.1 Å². The van der Waals surface area contributed by atoms with Crippen molar-refractivity contribution in [2.75, 3.05) is 10.6 Å². The molecule has 0 aliphatic rings. The molecule has 0 aliphatic carbocycles. The van der Waals surface area contributed by atoms with E-state index in [1.54, 1.807) is 18.2 Å². The van der Waals surface area contributed by atoms with Crippen molar-refractivity contribution in [3.05, 3.63) is 83.2 Å². The van der Waals surface area contributed by atoms with E-state index in [0.717, 1.165) is 17.7 Å². The predicted molar refractivity (Wildman–Crippen MR) is 107 cm³/mol. The number of hydrogen-bond donors (Lipinski definition) is 3. The number of pyridine rings is 1. The molecule has 0 unspecified atom stereocenters. The number of nitrogens with two attached hydrogens (primary N) is 1. The molecule has 0 radical (unpaired) electrons. The van der Waals surface area contributed by atoms with Crippen molar-refractivity contribution in [3.63, 3.8) is 0 Å². The third-order valence-electron chi connectivity index (χ3n) is 4.25. The number of amides is 2. The molecule has 4 N–H and O–H groups in total. The summed E-state index contributed by atoms with van der Waals surface area (Å²) < 4.78 is 38.6. The van der Waals surface area contributed by atoms with Gasteiger partial charge in [0.05, 0.1) is 23.0 Å². The number of benzene rings is 2. The highest BCUT2D eigenvalue weighted by molar-refractivity contribution is 6.05. The minimum atomic E-state index is -4.50. The molecule has 30 heavy (non-hydrogen) atoms. The molecule has 0 saturated heterocycles. The van der Waals surface area contributed by atoms with Crippen LogP contribution >= 0.6 is 0 Å². The number of nitrogens with one attached hydrogen (secondary N) is 2. The molecule has 0 saturated carbocycles. The van der Waals surface area contributed by atoms with Crippen molar-refractivity contribution in [1.29, 1.82) is 0 Å². The first-order chi connectivity index (χ1) is 14.1. The van der Waals surface area contributed by atoms with Gasteiger partial charge in [-0.25, -0.2) is 0 Å². The lowest BCUT2D eigenvalue weighted by atomic mass is 10.1. The summed E-state index contributed by atoms with van der Waals surface area (Å²) in [7, 11) is 0. The van der Waals surface area contributed by atoms with E-state index in [2.05, 4.69) is 15.6 Å². The summed E-state index contributed by atoms with van der Waals surface area (Å²) in [6, 6.07) is 10.7. The molecule has 1 aromatic heterocycles. The molecule has 3 aromatic rings. The van der Waals surface area contributed by atoms with Crippen LogP contribution in [0.1, 0.15) is 31.8 Å². The summed E-state index contributed by atoms with van der Waals surface area (Å²) in [6.07, 6.45) is -1.68. The largest absolute Gasteiger partial charge is 0.416 e. The van der Waals surface area contributed by atoms with Gasteiger partial charge in [-0.05, 0) is 48.9 Å². The summed E-state index contributed by atoms with van der Waals surface area (Å²) in [5, 5.41) is 5.52. The number of aryl methyl sites for hydroxylation is 1. The van der Waals surface area contributed by atoms with Crippen LogP contribution in [0.2, 0.25) is 0 Å². The van der Waals surface area contributed by atoms with Gasteiger partial charge in [-0.2, -0.15) is 13.2 Å². The fourth-order valence-corrected chi connectivity index (χ4v) is 2.67. The number of nitrogens with zero attached hydrogens (tertiary/aromatic N) is 1. The molecule has 2 amide bonds. The molecule has 3 rings (SSSR count). The Bertz CT molecular complexity index is 1110. The van der Waals surface area contributed by atoms with Crippen LogP contribution in [0, 0.1) is 6.92 Å². The number of hydrogen-bond acceptors (Lipinski definition) is 4. The minimum Gasteiger partial charge on any atom is -0.366 e. The molecular weight excluding hydrogens is 397 g/mol.